The average Bonchev–Trinajstić information content (AvgIpc) is 3.27. The summed E-state index contributed by atoms with van der Waals surface area (Å²) in [6, 6.07) is 10.2. The molecule has 0 saturated heterocycles. The Kier molecular flexibility index (Phi) is 5.74. The van der Waals surface area contributed by atoms with Crippen LogP contribution in [0, 0.1) is 13.8 Å². The standard InChI is InChI=1S/C24H29ClN4O/c1-15(2)29(21-8-9-23-19(12-21)13-26-27-23)24(30)22-10-16(3)28(17(22)4)14-18-6-5-7-20(25)11-18/h5-7,10-11,13,15,21H,8-9,12,14H2,1-4H3,(H,26,27). The second-order valence-corrected chi connectivity index (χ2v) is 9.01. The van der Waals surface area contributed by atoms with E-state index >= 15 is 0 Å². The molecule has 3 aromatic rings. The molecule has 2 heterocycles. The van der Waals surface area contributed by atoms with Gasteiger partial charge in [-0.1, -0.05) is 23.7 Å². The predicted molar refractivity (Wildman–Crippen MR) is 120 cm³/mol. The van der Waals surface area contributed by atoms with Crippen molar-refractivity contribution in [2.45, 2.75) is 65.6 Å². The number of hydrogen-bond acceptors (Lipinski definition) is 2. The fraction of sp³-hybridized carbons (Fsp3) is 0.417. The molecule has 4 rings (SSSR count). The molecule has 0 aliphatic heterocycles. The van der Waals surface area contributed by atoms with E-state index in [0.717, 1.165) is 46.8 Å². The first-order chi connectivity index (χ1) is 14.3. The summed E-state index contributed by atoms with van der Waals surface area (Å²) in [5.41, 5.74) is 6.45. The first kappa shape index (κ1) is 20.7. The summed E-state index contributed by atoms with van der Waals surface area (Å²) in [5, 5.41) is 8.00. The van der Waals surface area contributed by atoms with Gasteiger partial charge in [0.2, 0.25) is 0 Å². The summed E-state index contributed by atoms with van der Waals surface area (Å²) in [6.45, 7) is 9.02. The van der Waals surface area contributed by atoms with Gasteiger partial charge < -0.3 is 9.47 Å². The molecule has 30 heavy (non-hydrogen) atoms. The number of fused-ring (bicyclic) bond motifs is 1. The second kappa shape index (κ2) is 8.31. The molecule has 6 heteroatoms. The Hall–Kier alpha value is -2.53. The van der Waals surface area contributed by atoms with Gasteiger partial charge in [0.05, 0.1) is 11.8 Å². The van der Waals surface area contributed by atoms with Crippen molar-refractivity contribution in [2.75, 3.05) is 0 Å². The molecule has 0 bridgehead atoms. The molecule has 1 amide bonds. The fourth-order valence-electron chi connectivity index (χ4n) is 4.67. The van der Waals surface area contributed by atoms with Crippen molar-refractivity contribution in [3.8, 4) is 0 Å². The maximum Gasteiger partial charge on any atom is 0.256 e. The van der Waals surface area contributed by atoms with E-state index in [1.807, 2.05) is 37.4 Å². The van der Waals surface area contributed by atoms with Crippen LogP contribution >= 0.6 is 11.6 Å². The molecule has 1 unspecified atom stereocenters. The van der Waals surface area contributed by atoms with Crippen molar-refractivity contribution in [1.29, 1.82) is 0 Å². The Balaban J connectivity index is 1.61. The molecule has 1 aliphatic carbocycles. The van der Waals surface area contributed by atoms with Crippen LogP contribution in [0.3, 0.4) is 0 Å². The molecule has 0 fully saturated rings. The minimum Gasteiger partial charge on any atom is -0.344 e. The highest BCUT2D eigenvalue weighted by molar-refractivity contribution is 6.30. The maximum atomic E-state index is 13.7. The number of rotatable bonds is 5. The number of aromatic amines is 1. The third-order valence-corrected chi connectivity index (χ3v) is 6.44. The van der Waals surface area contributed by atoms with Gasteiger partial charge in [-0.25, -0.2) is 0 Å². The minimum atomic E-state index is 0.118. The maximum absolute atomic E-state index is 13.7. The summed E-state index contributed by atoms with van der Waals surface area (Å²) < 4.78 is 2.20. The Labute approximate surface area is 183 Å². The van der Waals surface area contributed by atoms with E-state index in [1.165, 1.54) is 11.3 Å². The van der Waals surface area contributed by atoms with Gasteiger partial charge in [0, 0.05) is 40.7 Å². The van der Waals surface area contributed by atoms with Crippen LogP contribution in [0.4, 0.5) is 0 Å². The number of carbonyl (C=O) groups is 1. The highest BCUT2D eigenvalue weighted by atomic mass is 35.5. The zero-order valence-electron chi connectivity index (χ0n) is 18.1. The zero-order chi connectivity index (χ0) is 21.4. The van der Waals surface area contributed by atoms with Crippen molar-refractivity contribution in [3.05, 3.63) is 75.3 Å². The molecule has 1 N–H and O–H groups in total. The lowest BCUT2D eigenvalue weighted by Gasteiger charge is -2.37. The molecule has 0 radical (unpaired) electrons. The number of amides is 1. The smallest absolute Gasteiger partial charge is 0.256 e. The quantitative estimate of drug-likeness (QED) is 0.630. The Morgan fingerprint density at radius 3 is 2.87 bits per heavy atom. The van der Waals surface area contributed by atoms with Crippen LogP contribution in [-0.4, -0.2) is 37.7 Å². The van der Waals surface area contributed by atoms with E-state index in [1.54, 1.807) is 0 Å². The molecule has 0 saturated carbocycles. The van der Waals surface area contributed by atoms with Gasteiger partial charge in [-0.05, 0) is 76.3 Å². The number of hydrogen-bond donors (Lipinski definition) is 1. The molecular formula is C24H29ClN4O. The summed E-state index contributed by atoms with van der Waals surface area (Å²) in [6.07, 6.45) is 4.66. The summed E-state index contributed by atoms with van der Waals surface area (Å²) in [4.78, 5) is 15.8. The van der Waals surface area contributed by atoms with E-state index in [0.29, 0.717) is 6.54 Å². The fourth-order valence-corrected chi connectivity index (χ4v) is 4.89. The first-order valence-electron chi connectivity index (χ1n) is 10.6. The monoisotopic (exact) mass is 424 g/mol. The van der Waals surface area contributed by atoms with Crippen LogP contribution in [0.15, 0.2) is 36.5 Å². The van der Waals surface area contributed by atoms with Crippen LogP contribution < -0.4 is 0 Å². The topological polar surface area (TPSA) is 53.9 Å². The van der Waals surface area contributed by atoms with Crippen molar-refractivity contribution < 1.29 is 4.79 Å². The molecule has 1 atom stereocenters. The van der Waals surface area contributed by atoms with Crippen LogP contribution in [0.5, 0.6) is 0 Å². The number of nitrogens with one attached hydrogen (secondary N) is 1. The van der Waals surface area contributed by atoms with Gasteiger partial charge in [0.25, 0.3) is 5.91 Å². The molecule has 2 aromatic heterocycles. The van der Waals surface area contributed by atoms with E-state index in [4.69, 9.17) is 11.6 Å². The number of aromatic nitrogens is 3. The van der Waals surface area contributed by atoms with Crippen molar-refractivity contribution >= 4 is 17.5 Å². The number of nitrogens with zero attached hydrogens (tertiary/aromatic N) is 3. The SMILES string of the molecule is Cc1cc(C(=O)N(C(C)C)C2CCc3[nH]ncc3C2)c(C)n1Cc1cccc(Cl)c1. The number of halogens is 1. The summed E-state index contributed by atoms with van der Waals surface area (Å²) in [7, 11) is 0. The van der Waals surface area contributed by atoms with Gasteiger partial charge in [0.1, 0.15) is 0 Å². The zero-order valence-corrected chi connectivity index (χ0v) is 18.8. The Morgan fingerprint density at radius 2 is 2.13 bits per heavy atom. The summed E-state index contributed by atoms with van der Waals surface area (Å²) >= 11 is 6.16. The normalized spacial score (nSPS) is 16.0. The van der Waals surface area contributed by atoms with Gasteiger partial charge >= 0.3 is 0 Å². The summed E-state index contributed by atoms with van der Waals surface area (Å²) in [5.74, 6) is 0.118. The minimum absolute atomic E-state index is 0.118. The lowest BCUT2D eigenvalue weighted by molar-refractivity contribution is 0.0587. The lowest BCUT2D eigenvalue weighted by atomic mass is 9.91. The van der Waals surface area contributed by atoms with Crippen molar-refractivity contribution in [3.63, 3.8) is 0 Å². The molecule has 5 nitrogen and oxygen atoms in total. The van der Waals surface area contributed by atoms with Crippen LogP contribution in [0.25, 0.3) is 0 Å². The van der Waals surface area contributed by atoms with Gasteiger partial charge in [0.15, 0.2) is 0 Å². The lowest BCUT2D eigenvalue weighted by Crippen LogP contribution is -2.47. The molecule has 158 valence electrons. The van der Waals surface area contributed by atoms with Crippen LogP contribution in [0.2, 0.25) is 5.02 Å². The van der Waals surface area contributed by atoms with E-state index in [9.17, 15) is 4.79 Å². The van der Waals surface area contributed by atoms with E-state index < -0.39 is 0 Å². The highest BCUT2D eigenvalue weighted by Gasteiger charge is 2.32. The third-order valence-electron chi connectivity index (χ3n) is 6.21. The van der Waals surface area contributed by atoms with Crippen molar-refractivity contribution in [2.24, 2.45) is 0 Å². The Bertz CT molecular complexity index is 1070. The number of H-pyrrole nitrogens is 1. The second-order valence-electron chi connectivity index (χ2n) is 8.58. The number of benzene rings is 1. The largest absolute Gasteiger partial charge is 0.344 e. The molecule has 0 spiro atoms. The van der Waals surface area contributed by atoms with Gasteiger partial charge in [-0.2, -0.15) is 5.10 Å². The Morgan fingerprint density at radius 1 is 1.33 bits per heavy atom. The molecule has 1 aliphatic rings. The predicted octanol–water partition coefficient (Wildman–Crippen LogP) is 4.94. The third kappa shape index (κ3) is 3.91. The average molecular weight is 425 g/mol. The number of carbonyl (C=O) groups excluding carboxylic acids is 1. The molecule has 1 aromatic carbocycles. The van der Waals surface area contributed by atoms with E-state index in [-0.39, 0.29) is 18.0 Å². The van der Waals surface area contributed by atoms with Crippen LogP contribution in [-0.2, 0) is 19.4 Å². The van der Waals surface area contributed by atoms with Gasteiger partial charge in [-0.15, -0.1) is 0 Å². The highest BCUT2D eigenvalue weighted by Crippen LogP contribution is 2.27. The van der Waals surface area contributed by atoms with Crippen LogP contribution in [0.1, 0.15) is 58.8 Å². The molecular weight excluding hydrogens is 396 g/mol. The van der Waals surface area contributed by atoms with Crippen molar-refractivity contribution in [1.82, 2.24) is 19.7 Å². The number of aryl methyl sites for hydroxylation is 2. The first-order valence-corrected chi connectivity index (χ1v) is 11.0. The van der Waals surface area contributed by atoms with E-state index in [2.05, 4.69) is 46.5 Å². The van der Waals surface area contributed by atoms with Gasteiger partial charge in [-0.3, -0.25) is 9.89 Å².